The lowest BCUT2D eigenvalue weighted by Gasteiger charge is -2.09. The van der Waals surface area contributed by atoms with E-state index in [9.17, 15) is 9.90 Å². The number of hydrazone groups is 1. The van der Waals surface area contributed by atoms with Gasteiger partial charge in [-0.1, -0.05) is 41.4 Å². The molecule has 0 aliphatic heterocycles. The molecule has 0 atom stereocenters. The molecule has 7 nitrogen and oxygen atoms in total. The number of nitrogens with zero attached hydrogens (tertiary/aromatic N) is 2. The Hall–Kier alpha value is -3.13. The first-order valence-electron chi connectivity index (χ1n) is 9.18. The fourth-order valence-electron chi connectivity index (χ4n) is 2.56. The third kappa shape index (κ3) is 5.45. The van der Waals surface area contributed by atoms with Crippen molar-refractivity contribution in [1.29, 1.82) is 0 Å². The van der Waals surface area contributed by atoms with Crippen LogP contribution in [0.4, 0.5) is 0 Å². The van der Waals surface area contributed by atoms with Gasteiger partial charge in [0, 0.05) is 15.6 Å². The summed E-state index contributed by atoms with van der Waals surface area (Å²) in [5.41, 5.74) is 4.57. The normalized spacial score (nSPS) is 11.0. The highest BCUT2D eigenvalue weighted by Crippen LogP contribution is 2.29. The van der Waals surface area contributed by atoms with Crippen LogP contribution in [0.15, 0.2) is 58.1 Å². The first kappa shape index (κ1) is 20.6. The Bertz CT molecular complexity index is 1020. The summed E-state index contributed by atoms with van der Waals surface area (Å²) in [5, 5.41) is 20.6. The summed E-state index contributed by atoms with van der Waals surface area (Å²) in [5.74, 6) is 0.344. The number of carbonyl (C=O) groups excluding carboxylic acids is 1. The van der Waals surface area contributed by atoms with Gasteiger partial charge < -0.3 is 9.84 Å². The van der Waals surface area contributed by atoms with Gasteiger partial charge in [-0.3, -0.25) is 9.89 Å². The highest BCUT2D eigenvalue weighted by Gasteiger charge is 2.13. The molecule has 29 heavy (non-hydrogen) atoms. The molecule has 0 aliphatic carbocycles. The Labute approximate surface area is 176 Å². The summed E-state index contributed by atoms with van der Waals surface area (Å²) in [6.45, 7) is 2.73. The molecule has 0 aliphatic rings. The Morgan fingerprint density at radius 2 is 2.14 bits per heavy atom. The van der Waals surface area contributed by atoms with Crippen molar-refractivity contribution in [3.8, 4) is 22.8 Å². The minimum Gasteiger partial charge on any atom is -0.507 e. The summed E-state index contributed by atoms with van der Waals surface area (Å²) in [6, 6.07) is 14.2. The summed E-state index contributed by atoms with van der Waals surface area (Å²) in [4.78, 5) is 12.3. The highest BCUT2D eigenvalue weighted by molar-refractivity contribution is 9.10. The zero-order valence-electron chi connectivity index (χ0n) is 15.9. The number of H-pyrrole nitrogens is 1. The van der Waals surface area contributed by atoms with Gasteiger partial charge in [0.25, 0.3) is 5.91 Å². The highest BCUT2D eigenvalue weighted by atomic mass is 79.9. The number of unbranched alkanes of at least 4 members (excludes halogenated alkanes) is 1. The fraction of sp³-hybridized carbons (Fsp3) is 0.190. The lowest BCUT2D eigenvalue weighted by Crippen LogP contribution is -2.18. The van der Waals surface area contributed by atoms with Crippen molar-refractivity contribution < 1.29 is 14.6 Å². The second kappa shape index (κ2) is 9.88. The van der Waals surface area contributed by atoms with E-state index in [2.05, 4.69) is 43.6 Å². The predicted octanol–water partition coefficient (Wildman–Crippen LogP) is 4.49. The topological polar surface area (TPSA) is 99.6 Å². The second-order valence-electron chi connectivity index (χ2n) is 6.27. The molecule has 0 bridgehead atoms. The number of benzene rings is 2. The van der Waals surface area contributed by atoms with Crippen LogP contribution in [-0.4, -0.2) is 34.0 Å². The van der Waals surface area contributed by atoms with Gasteiger partial charge in [-0.05, 0) is 42.8 Å². The second-order valence-corrected chi connectivity index (χ2v) is 7.18. The molecule has 8 heteroatoms. The number of phenolic OH excluding ortho intramolecular Hbond substituents is 1. The van der Waals surface area contributed by atoms with Crippen LogP contribution in [0.2, 0.25) is 0 Å². The number of hydrogen-bond acceptors (Lipinski definition) is 5. The lowest BCUT2D eigenvalue weighted by atomic mass is 10.1. The molecule has 0 radical (unpaired) electrons. The number of aromatic nitrogens is 2. The average molecular weight is 457 g/mol. The molecular weight excluding hydrogens is 436 g/mol. The molecule has 1 aromatic heterocycles. The molecule has 3 aromatic rings. The van der Waals surface area contributed by atoms with Crippen molar-refractivity contribution in [2.24, 2.45) is 5.10 Å². The molecule has 3 rings (SSSR count). The zero-order chi connectivity index (χ0) is 20.6. The molecule has 0 saturated carbocycles. The standard InChI is InChI=1S/C21H21BrN4O3/c1-2-3-10-29-20-7-5-4-6-16(20)17-12-18(25-24-17)21(28)26-23-13-14-11-15(22)8-9-19(14)27/h4-9,11-13,27H,2-3,10H2,1H3,(H,24,25)(H,26,28)/b23-13-. The van der Waals surface area contributed by atoms with Gasteiger partial charge in [0.2, 0.25) is 0 Å². The van der Waals surface area contributed by atoms with Crippen LogP contribution in [0, 0.1) is 0 Å². The van der Waals surface area contributed by atoms with Crippen LogP contribution in [0.5, 0.6) is 11.5 Å². The van der Waals surface area contributed by atoms with Gasteiger partial charge in [0.1, 0.15) is 17.2 Å². The number of nitrogens with one attached hydrogen (secondary N) is 2. The van der Waals surface area contributed by atoms with Crippen molar-refractivity contribution in [3.63, 3.8) is 0 Å². The molecule has 0 fully saturated rings. The number of ether oxygens (including phenoxy) is 1. The maximum atomic E-state index is 12.3. The van der Waals surface area contributed by atoms with Crippen molar-refractivity contribution in [2.75, 3.05) is 6.61 Å². The lowest BCUT2D eigenvalue weighted by molar-refractivity contribution is 0.0950. The van der Waals surface area contributed by atoms with E-state index < -0.39 is 5.91 Å². The summed E-state index contributed by atoms with van der Waals surface area (Å²) in [7, 11) is 0. The van der Waals surface area contributed by atoms with Gasteiger partial charge >= 0.3 is 0 Å². The molecule has 1 amide bonds. The number of carbonyl (C=O) groups is 1. The van der Waals surface area contributed by atoms with Crippen LogP contribution >= 0.6 is 15.9 Å². The monoisotopic (exact) mass is 456 g/mol. The van der Waals surface area contributed by atoms with E-state index >= 15 is 0 Å². The molecule has 150 valence electrons. The minimum absolute atomic E-state index is 0.0645. The maximum Gasteiger partial charge on any atom is 0.289 e. The van der Waals surface area contributed by atoms with Crippen LogP contribution in [0.3, 0.4) is 0 Å². The first-order valence-corrected chi connectivity index (χ1v) is 9.97. The molecule has 0 saturated heterocycles. The van der Waals surface area contributed by atoms with Gasteiger partial charge in [-0.15, -0.1) is 0 Å². The van der Waals surface area contributed by atoms with Gasteiger partial charge in [0.15, 0.2) is 0 Å². The van der Waals surface area contributed by atoms with E-state index in [1.54, 1.807) is 18.2 Å². The van der Waals surface area contributed by atoms with E-state index in [1.807, 2.05) is 24.3 Å². The van der Waals surface area contributed by atoms with Crippen molar-refractivity contribution in [1.82, 2.24) is 15.6 Å². The first-order chi connectivity index (χ1) is 14.1. The maximum absolute atomic E-state index is 12.3. The van der Waals surface area contributed by atoms with E-state index in [-0.39, 0.29) is 11.4 Å². The third-order valence-electron chi connectivity index (χ3n) is 4.10. The SMILES string of the molecule is CCCCOc1ccccc1-c1cc(C(=O)N/N=C\c2cc(Br)ccc2O)[nH]n1. The van der Waals surface area contributed by atoms with E-state index in [0.29, 0.717) is 17.9 Å². The largest absolute Gasteiger partial charge is 0.507 e. The quantitative estimate of drug-likeness (QED) is 0.264. The molecular formula is C21H21BrN4O3. The Balaban J connectivity index is 1.69. The van der Waals surface area contributed by atoms with Crippen molar-refractivity contribution in [2.45, 2.75) is 19.8 Å². The summed E-state index contributed by atoms with van der Waals surface area (Å²) in [6.07, 6.45) is 3.38. The Morgan fingerprint density at radius 3 is 2.97 bits per heavy atom. The third-order valence-corrected chi connectivity index (χ3v) is 4.59. The van der Waals surface area contributed by atoms with Crippen LogP contribution in [0.1, 0.15) is 35.8 Å². The molecule has 0 unspecified atom stereocenters. The van der Waals surface area contributed by atoms with E-state index in [0.717, 1.165) is 28.6 Å². The van der Waals surface area contributed by atoms with Gasteiger partial charge in [-0.2, -0.15) is 10.2 Å². The van der Waals surface area contributed by atoms with Crippen LogP contribution < -0.4 is 10.2 Å². The summed E-state index contributed by atoms with van der Waals surface area (Å²) >= 11 is 3.32. The molecule has 1 heterocycles. The molecule has 0 spiro atoms. The number of phenols is 1. The van der Waals surface area contributed by atoms with Gasteiger partial charge in [-0.25, -0.2) is 5.43 Å². The predicted molar refractivity (Wildman–Crippen MR) is 115 cm³/mol. The fourth-order valence-corrected chi connectivity index (χ4v) is 2.93. The number of aromatic amines is 1. The van der Waals surface area contributed by atoms with Crippen LogP contribution in [-0.2, 0) is 0 Å². The van der Waals surface area contributed by atoms with Gasteiger partial charge in [0.05, 0.1) is 18.5 Å². The minimum atomic E-state index is -0.445. The van der Waals surface area contributed by atoms with Crippen molar-refractivity contribution in [3.05, 3.63) is 64.3 Å². The molecule has 3 N–H and O–H groups in total. The number of amides is 1. The number of hydrogen-bond donors (Lipinski definition) is 3. The number of aromatic hydroxyl groups is 1. The van der Waals surface area contributed by atoms with Crippen LogP contribution in [0.25, 0.3) is 11.3 Å². The Morgan fingerprint density at radius 1 is 1.31 bits per heavy atom. The van der Waals surface area contributed by atoms with E-state index in [1.165, 1.54) is 12.3 Å². The number of para-hydroxylation sites is 1. The smallest absolute Gasteiger partial charge is 0.289 e. The van der Waals surface area contributed by atoms with Crippen molar-refractivity contribution >= 4 is 28.1 Å². The molecule has 2 aromatic carbocycles. The number of halogens is 1. The summed E-state index contributed by atoms with van der Waals surface area (Å²) < 4.78 is 6.62. The Kier molecular flexibility index (Phi) is 7.02. The average Bonchev–Trinajstić information content (AvgIpc) is 3.21. The number of rotatable bonds is 8. The van der Waals surface area contributed by atoms with E-state index in [4.69, 9.17) is 4.74 Å². The zero-order valence-corrected chi connectivity index (χ0v) is 17.4.